The van der Waals surface area contributed by atoms with Gasteiger partial charge in [0.2, 0.25) is 0 Å². The van der Waals surface area contributed by atoms with E-state index >= 15 is 0 Å². The standard InChI is InChI=1S/C14H28N2O2/c1-16(12-14-4-2-3-10-17-14)9-11-18-13-5-7-15-8-6-13/h13-15H,2-12H2,1H3. The monoisotopic (exact) mass is 256 g/mol. The molecule has 0 aromatic heterocycles. The minimum atomic E-state index is 0.447. The second kappa shape index (κ2) is 8.10. The minimum absolute atomic E-state index is 0.447. The van der Waals surface area contributed by atoms with Gasteiger partial charge in [-0.15, -0.1) is 0 Å². The minimum Gasteiger partial charge on any atom is -0.377 e. The molecule has 1 atom stereocenters. The van der Waals surface area contributed by atoms with Crippen molar-refractivity contribution in [1.82, 2.24) is 10.2 Å². The third-order valence-corrected chi connectivity index (χ3v) is 3.90. The van der Waals surface area contributed by atoms with Gasteiger partial charge in [-0.1, -0.05) is 0 Å². The van der Waals surface area contributed by atoms with E-state index in [1.807, 2.05) is 0 Å². The molecule has 1 N–H and O–H groups in total. The summed E-state index contributed by atoms with van der Waals surface area (Å²) < 4.78 is 11.7. The molecular formula is C14H28N2O2. The molecule has 2 saturated heterocycles. The summed E-state index contributed by atoms with van der Waals surface area (Å²) >= 11 is 0. The third-order valence-electron chi connectivity index (χ3n) is 3.90. The molecule has 106 valence electrons. The number of nitrogens with one attached hydrogen (secondary N) is 1. The van der Waals surface area contributed by atoms with Gasteiger partial charge in [-0.05, 0) is 52.2 Å². The Bertz CT molecular complexity index is 214. The smallest absolute Gasteiger partial charge is 0.0701 e. The molecule has 2 heterocycles. The summed E-state index contributed by atoms with van der Waals surface area (Å²) in [6.07, 6.45) is 7.03. The quantitative estimate of drug-likeness (QED) is 0.775. The Kier molecular flexibility index (Phi) is 6.41. The van der Waals surface area contributed by atoms with Crippen LogP contribution < -0.4 is 5.32 Å². The fourth-order valence-corrected chi connectivity index (χ4v) is 2.73. The number of nitrogens with zero attached hydrogens (tertiary/aromatic N) is 1. The van der Waals surface area contributed by atoms with Gasteiger partial charge in [0.25, 0.3) is 0 Å². The average Bonchev–Trinajstić information content (AvgIpc) is 2.41. The lowest BCUT2D eigenvalue weighted by atomic mass is 10.1. The van der Waals surface area contributed by atoms with E-state index in [9.17, 15) is 0 Å². The Morgan fingerprint density at radius 2 is 2.06 bits per heavy atom. The van der Waals surface area contributed by atoms with Gasteiger partial charge in [-0.25, -0.2) is 0 Å². The van der Waals surface area contributed by atoms with Crippen LogP contribution in [0.3, 0.4) is 0 Å². The molecule has 0 aromatic carbocycles. The van der Waals surface area contributed by atoms with E-state index in [0.29, 0.717) is 12.2 Å². The van der Waals surface area contributed by atoms with Gasteiger partial charge in [-0.2, -0.15) is 0 Å². The molecule has 2 aliphatic rings. The highest BCUT2D eigenvalue weighted by molar-refractivity contribution is 4.70. The first kappa shape index (κ1) is 14.3. The molecule has 2 rings (SSSR count). The highest BCUT2D eigenvalue weighted by Crippen LogP contribution is 2.13. The zero-order chi connectivity index (χ0) is 12.6. The molecule has 18 heavy (non-hydrogen) atoms. The van der Waals surface area contributed by atoms with Crippen LogP contribution in [-0.2, 0) is 9.47 Å². The van der Waals surface area contributed by atoms with Crippen LogP contribution in [0.15, 0.2) is 0 Å². The van der Waals surface area contributed by atoms with E-state index in [1.165, 1.54) is 19.3 Å². The second-order valence-electron chi connectivity index (χ2n) is 5.57. The normalized spacial score (nSPS) is 26.7. The van der Waals surface area contributed by atoms with E-state index in [-0.39, 0.29) is 0 Å². The number of piperidine rings is 1. The van der Waals surface area contributed by atoms with E-state index in [1.54, 1.807) is 0 Å². The van der Waals surface area contributed by atoms with Crippen molar-refractivity contribution in [2.75, 3.05) is 46.4 Å². The van der Waals surface area contributed by atoms with Crippen molar-refractivity contribution in [3.05, 3.63) is 0 Å². The Morgan fingerprint density at radius 3 is 2.78 bits per heavy atom. The van der Waals surface area contributed by atoms with Gasteiger partial charge in [0, 0.05) is 19.7 Å². The topological polar surface area (TPSA) is 33.7 Å². The molecule has 4 nitrogen and oxygen atoms in total. The molecule has 0 spiro atoms. The summed E-state index contributed by atoms with van der Waals surface area (Å²) in [6, 6.07) is 0. The van der Waals surface area contributed by atoms with Crippen molar-refractivity contribution in [3.63, 3.8) is 0 Å². The number of rotatable bonds is 6. The van der Waals surface area contributed by atoms with Crippen LogP contribution in [-0.4, -0.2) is 63.5 Å². The van der Waals surface area contributed by atoms with E-state index in [2.05, 4.69) is 17.3 Å². The Balaban J connectivity index is 1.52. The Labute approximate surface area is 111 Å². The first-order chi connectivity index (χ1) is 8.84. The van der Waals surface area contributed by atoms with Crippen LogP contribution in [0.4, 0.5) is 0 Å². The molecule has 2 aliphatic heterocycles. The number of likely N-dealkylation sites (N-methyl/N-ethyl adjacent to an activating group) is 1. The van der Waals surface area contributed by atoms with Crippen molar-refractivity contribution in [2.24, 2.45) is 0 Å². The maximum Gasteiger partial charge on any atom is 0.0701 e. The van der Waals surface area contributed by atoms with Crippen LogP contribution in [0.5, 0.6) is 0 Å². The predicted molar refractivity (Wildman–Crippen MR) is 72.9 cm³/mol. The van der Waals surface area contributed by atoms with Gasteiger partial charge in [0.15, 0.2) is 0 Å². The van der Waals surface area contributed by atoms with Crippen LogP contribution in [0, 0.1) is 0 Å². The molecule has 0 radical (unpaired) electrons. The predicted octanol–water partition coefficient (Wildman–Crippen LogP) is 1.26. The van der Waals surface area contributed by atoms with Crippen LogP contribution in [0.2, 0.25) is 0 Å². The molecule has 4 heteroatoms. The molecular weight excluding hydrogens is 228 g/mol. The maximum absolute atomic E-state index is 5.92. The summed E-state index contributed by atoms with van der Waals surface area (Å²) in [6.45, 7) is 6.09. The fourth-order valence-electron chi connectivity index (χ4n) is 2.73. The van der Waals surface area contributed by atoms with Crippen LogP contribution >= 0.6 is 0 Å². The van der Waals surface area contributed by atoms with Crippen molar-refractivity contribution in [2.45, 2.75) is 44.3 Å². The Hall–Kier alpha value is -0.160. The van der Waals surface area contributed by atoms with Crippen LogP contribution in [0.1, 0.15) is 32.1 Å². The number of ether oxygens (including phenoxy) is 2. The van der Waals surface area contributed by atoms with Crippen LogP contribution in [0.25, 0.3) is 0 Å². The zero-order valence-corrected chi connectivity index (χ0v) is 11.7. The molecule has 0 aliphatic carbocycles. The van der Waals surface area contributed by atoms with Gasteiger partial charge < -0.3 is 19.7 Å². The third kappa shape index (κ3) is 5.22. The van der Waals surface area contributed by atoms with Crippen molar-refractivity contribution in [1.29, 1.82) is 0 Å². The van der Waals surface area contributed by atoms with Crippen molar-refractivity contribution in [3.8, 4) is 0 Å². The molecule has 2 fully saturated rings. The van der Waals surface area contributed by atoms with Crippen molar-refractivity contribution < 1.29 is 9.47 Å². The highest BCUT2D eigenvalue weighted by atomic mass is 16.5. The van der Waals surface area contributed by atoms with E-state index < -0.39 is 0 Å². The molecule has 0 amide bonds. The highest BCUT2D eigenvalue weighted by Gasteiger charge is 2.16. The maximum atomic E-state index is 5.92. The molecule has 0 saturated carbocycles. The van der Waals surface area contributed by atoms with Gasteiger partial charge in [-0.3, -0.25) is 0 Å². The summed E-state index contributed by atoms with van der Waals surface area (Å²) in [4.78, 5) is 2.34. The fraction of sp³-hybridized carbons (Fsp3) is 1.00. The number of hydrogen-bond donors (Lipinski definition) is 1. The van der Waals surface area contributed by atoms with E-state index in [4.69, 9.17) is 9.47 Å². The summed E-state index contributed by atoms with van der Waals surface area (Å²) in [5, 5.41) is 3.36. The van der Waals surface area contributed by atoms with Gasteiger partial charge in [0.1, 0.15) is 0 Å². The lowest BCUT2D eigenvalue weighted by Crippen LogP contribution is -2.37. The number of hydrogen-bond acceptors (Lipinski definition) is 4. The van der Waals surface area contributed by atoms with E-state index in [0.717, 1.165) is 52.2 Å². The largest absolute Gasteiger partial charge is 0.377 e. The Morgan fingerprint density at radius 1 is 1.22 bits per heavy atom. The second-order valence-corrected chi connectivity index (χ2v) is 5.57. The zero-order valence-electron chi connectivity index (χ0n) is 11.7. The lowest BCUT2D eigenvalue weighted by molar-refractivity contribution is -0.0139. The van der Waals surface area contributed by atoms with Crippen molar-refractivity contribution >= 4 is 0 Å². The molecule has 0 aromatic rings. The first-order valence-electron chi connectivity index (χ1n) is 7.47. The van der Waals surface area contributed by atoms with Gasteiger partial charge >= 0.3 is 0 Å². The lowest BCUT2D eigenvalue weighted by Gasteiger charge is -2.28. The summed E-state index contributed by atoms with van der Waals surface area (Å²) in [7, 11) is 2.17. The average molecular weight is 256 g/mol. The SMILES string of the molecule is CN(CCOC1CCNCC1)CC1CCCCO1. The first-order valence-corrected chi connectivity index (χ1v) is 7.47. The summed E-state index contributed by atoms with van der Waals surface area (Å²) in [5.74, 6) is 0. The summed E-state index contributed by atoms with van der Waals surface area (Å²) in [5.41, 5.74) is 0. The van der Waals surface area contributed by atoms with Gasteiger partial charge in [0.05, 0.1) is 18.8 Å². The molecule has 0 bridgehead atoms. The molecule has 1 unspecified atom stereocenters.